The molecule has 1 aliphatic heterocycles. The van der Waals surface area contributed by atoms with E-state index in [4.69, 9.17) is 11.6 Å². The smallest absolute Gasteiger partial charge is 0.256 e. The summed E-state index contributed by atoms with van der Waals surface area (Å²) in [6, 6.07) is 22.1. The zero-order valence-electron chi connectivity index (χ0n) is 24.1. The summed E-state index contributed by atoms with van der Waals surface area (Å²) < 4.78 is 0. The molecule has 1 saturated heterocycles. The van der Waals surface area contributed by atoms with Gasteiger partial charge in [-0.1, -0.05) is 48.9 Å². The summed E-state index contributed by atoms with van der Waals surface area (Å²) >= 11 is 5.97. The van der Waals surface area contributed by atoms with Crippen LogP contribution in [0.4, 0.5) is 11.4 Å². The van der Waals surface area contributed by atoms with Gasteiger partial charge in [0.2, 0.25) is 5.91 Å². The van der Waals surface area contributed by atoms with Gasteiger partial charge in [0.15, 0.2) is 0 Å². The maximum atomic E-state index is 13.7. The van der Waals surface area contributed by atoms with Gasteiger partial charge < -0.3 is 20.0 Å². The van der Waals surface area contributed by atoms with E-state index in [2.05, 4.69) is 17.1 Å². The van der Waals surface area contributed by atoms with Crippen molar-refractivity contribution >= 4 is 40.7 Å². The van der Waals surface area contributed by atoms with Gasteiger partial charge in [0.1, 0.15) is 0 Å². The molecule has 0 saturated carbocycles. The van der Waals surface area contributed by atoms with Crippen molar-refractivity contribution in [2.75, 3.05) is 49.5 Å². The minimum atomic E-state index is -0.275. The molecule has 3 aromatic rings. The maximum Gasteiger partial charge on any atom is 0.256 e. The van der Waals surface area contributed by atoms with Gasteiger partial charge in [-0.3, -0.25) is 14.4 Å². The molecule has 1 atom stereocenters. The van der Waals surface area contributed by atoms with Crippen LogP contribution in [0.15, 0.2) is 72.8 Å². The van der Waals surface area contributed by atoms with Gasteiger partial charge in [-0.2, -0.15) is 0 Å². The van der Waals surface area contributed by atoms with Crippen LogP contribution in [-0.4, -0.2) is 66.8 Å². The maximum absolute atomic E-state index is 13.7. The summed E-state index contributed by atoms with van der Waals surface area (Å²) in [7, 11) is 0. The van der Waals surface area contributed by atoms with E-state index in [0.717, 1.165) is 30.6 Å². The van der Waals surface area contributed by atoms with E-state index in [1.165, 1.54) is 0 Å². The fourth-order valence-corrected chi connectivity index (χ4v) is 5.51. The number of hydrogen-bond donors (Lipinski definition) is 1. The first-order chi connectivity index (χ1) is 19.9. The van der Waals surface area contributed by atoms with Crippen LogP contribution in [-0.2, 0) is 4.79 Å². The largest absolute Gasteiger partial charge is 0.369 e. The van der Waals surface area contributed by atoms with Gasteiger partial charge >= 0.3 is 0 Å². The van der Waals surface area contributed by atoms with Crippen molar-refractivity contribution in [1.29, 1.82) is 0 Å². The quantitative estimate of drug-likeness (QED) is 0.325. The van der Waals surface area contributed by atoms with Crippen molar-refractivity contribution in [2.24, 2.45) is 0 Å². The van der Waals surface area contributed by atoms with Crippen molar-refractivity contribution in [3.8, 4) is 0 Å². The first-order valence-electron chi connectivity index (χ1n) is 14.4. The molecular formula is C33H39ClN4O3. The van der Waals surface area contributed by atoms with E-state index >= 15 is 0 Å². The van der Waals surface area contributed by atoms with E-state index in [1.807, 2.05) is 61.2 Å². The zero-order chi connectivity index (χ0) is 29.4. The highest BCUT2D eigenvalue weighted by Crippen LogP contribution is 2.29. The number of anilines is 2. The molecule has 1 N–H and O–H groups in total. The van der Waals surface area contributed by atoms with Gasteiger partial charge in [0.05, 0.1) is 11.5 Å². The third kappa shape index (κ3) is 7.27. The summed E-state index contributed by atoms with van der Waals surface area (Å²) in [5.41, 5.74) is 3.43. The second-order valence-electron chi connectivity index (χ2n) is 10.2. The molecule has 1 unspecified atom stereocenters. The molecule has 8 heteroatoms. The Hall–Kier alpha value is -3.84. The van der Waals surface area contributed by atoms with Gasteiger partial charge in [-0.05, 0) is 74.7 Å². The molecule has 216 valence electrons. The predicted molar refractivity (Wildman–Crippen MR) is 166 cm³/mol. The SMILES string of the molecule is CCC(C(=O)N1CCCN(c2ccc(NC(=O)c3ccc(Cl)cc3)cc2C(=O)N(CC)CC)CC1)c1ccccc1. The molecular weight excluding hydrogens is 536 g/mol. The Morgan fingerprint density at radius 1 is 0.878 bits per heavy atom. The van der Waals surface area contributed by atoms with Crippen LogP contribution in [0.3, 0.4) is 0 Å². The summed E-state index contributed by atoms with van der Waals surface area (Å²) in [6.45, 7) is 9.72. The molecule has 1 aliphatic rings. The molecule has 7 nitrogen and oxygen atoms in total. The number of nitrogens with one attached hydrogen (secondary N) is 1. The number of carbonyl (C=O) groups excluding carboxylic acids is 3. The van der Waals surface area contributed by atoms with Crippen LogP contribution in [0.5, 0.6) is 0 Å². The Morgan fingerprint density at radius 3 is 2.24 bits per heavy atom. The molecule has 4 rings (SSSR count). The van der Waals surface area contributed by atoms with Crippen molar-refractivity contribution in [2.45, 2.75) is 39.5 Å². The number of carbonyl (C=O) groups is 3. The third-order valence-electron chi connectivity index (χ3n) is 7.70. The summed E-state index contributed by atoms with van der Waals surface area (Å²) in [6.07, 6.45) is 1.54. The van der Waals surface area contributed by atoms with Gasteiger partial charge in [0.25, 0.3) is 11.8 Å². The highest BCUT2D eigenvalue weighted by atomic mass is 35.5. The van der Waals surface area contributed by atoms with E-state index in [-0.39, 0.29) is 23.6 Å². The molecule has 0 aliphatic carbocycles. The predicted octanol–water partition coefficient (Wildman–Crippen LogP) is 6.31. The van der Waals surface area contributed by atoms with E-state index in [0.29, 0.717) is 54.6 Å². The lowest BCUT2D eigenvalue weighted by molar-refractivity contribution is -0.132. The number of halogens is 1. The molecule has 3 aromatic carbocycles. The van der Waals surface area contributed by atoms with Crippen molar-refractivity contribution in [3.05, 3.63) is 94.5 Å². The molecule has 1 fully saturated rings. The molecule has 0 bridgehead atoms. The average Bonchev–Trinajstić information content (AvgIpc) is 3.25. The lowest BCUT2D eigenvalue weighted by Gasteiger charge is -2.29. The van der Waals surface area contributed by atoms with Crippen LogP contribution in [0.2, 0.25) is 5.02 Å². The lowest BCUT2D eigenvalue weighted by atomic mass is 9.95. The highest BCUT2D eigenvalue weighted by Gasteiger charge is 2.28. The number of amides is 3. The lowest BCUT2D eigenvalue weighted by Crippen LogP contribution is -2.38. The minimum absolute atomic E-state index is 0.0834. The normalized spacial score (nSPS) is 14.2. The standard InChI is InChI=1S/C33H39ClN4O3/c1-4-28(24-11-8-7-9-12-24)32(40)38-20-10-19-37(21-22-38)30-18-17-27(23-29(30)33(41)36(5-2)6-3)35-31(39)25-13-15-26(34)16-14-25/h7-9,11-18,23,28H,4-6,10,19-22H2,1-3H3,(H,35,39). The molecule has 3 amide bonds. The molecule has 0 spiro atoms. The number of rotatable bonds is 9. The number of nitrogens with zero attached hydrogens (tertiary/aromatic N) is 3. The van der Waals surface area contributed by atoms with E-state index in [1.54, 1.807) is 35.2 Å². The number of hydrogen-bond acceptors (Lipinski definition) is 4. The second-order valence-corrected chi connectivity index (χ2v) is 10.6. The van der Waals surface area contributed by atoms with Crippen molar-refractivity contribution < 1.29 is 14.4 Å². The molecule has 0 aromatic heterocycles. The van der Waals surface area contributed by atoms with E-state index in [9.17, 15) is 14.4 Å². The number of benzene rings is 3. The van der Waals surface area contributed by atoms with Crippen LogP contribution >= 0.6 is 11.6 Å². The average molecular weight is 575 g/mol. The topological polar surface area (TPSA) is 73.0 Å². The third-order valence-corrected chi connectivity index (χ3v) is 7.95. The molecule has 1 heterocycles. The summed E-state index contributed by atoms with van der Waals surface area (Å²) in [5.74, 6) is -0.366. The first-order valence-corrected chi connectivity index (χ1v) is 14.8. The molecule has 0 radical (unpaired) electrons. The molecule has 41 heavy (non-hydrogen) atoms. The van der Waals surface area contributed by atoms with Gasteiger partial charge in [-0.25, -0.2) is 0 Å². The second kappa shape index (κ2) is 14.2. The Bertz CT molecular complexity index is 1340. The fraction of sp³-hybridized carbons (Fsp3) is 0.364. The Morgan fingerprint density at radius 2 is 1.59 bits per heavy atom. The zero-order valence-corrected chi connectivity index (χ0v) is 24.9. The van der Waals surface area contributed by atoms with Crippen LogP contribution in [0.1, 0.15) is 65.8 Å². The minimum Gasteiger partial charge on any atom is -0.369 e. The van der Waals surface area contributed by atoms with Gasteiger partial charge in [-0.15, -0.1) is 0 Å². The van der Waals surface area contributed by atoms with Gasteiger partial charge in [0, 0.05) is 61.2 Å². The Balaban J connectivity index is 1.56. The van der Waals surface area contributed by atoms with Crippen molar-refractivity contribution in [1.82, 2.24) is 9.80 Å². The Labute approximate surface area is 248 Å². The summed E-state index contributed by atoms with van der Waals surface area (Å²) in [4.78, 5) is 46.0. The van der Waals surface area contributed by atoms with E-state index < -0.39 is 0 Å². The monoisotopic (exact) mass is 574 g/mol. The van der Waals surface area contributed by atoms with Crippen LogP contribution in [0.25, 0.3) is 0 Å². The first kappa shape index (κ1) is 30.1. The fourth-order valence-electron chi connectivity index (χ4n) is 5.38. The Kier molecular flexibility index (Phi) is 10.4. The van der Waals surface area contributed by atoms with Crippen molar-refractivity contribution in [3.63, 3.8) is 0 Å². The van der Waals surface area contributed by atoms with Crippen LogP contribution < -0.4 is 10.2 Å². The highest BCUT2D eigenvalue weighted by molar-refractivity contribution is 6.30. The van der Waals surface area contributed by atoms with Crippen LogP contribution in [0, 0.1) is 0 Å². The summed E-state index contributed by atoms with van der Waals surface area (Å²) in [5, 5.41) is 3.48.